The van der Waals surface area contributed by atoms with Crippen molar-refractivity contribution in [2.45, 2.75) is 19.9 Å². The lowest BCUT2D eigenvalue weighted by Gasteiger charge is -2.27. The highest BCUT2D eigenvalue weighted by Gasteiger charge is 2.15. The number of pyridine rings is 1. The highest BCUT2D eigenvalue weighted by atomic mass is 19.1. The number of amides is 1. The first-order valence-corrected chi connectivity index (χ1v) is 11.0. The molecule has 32 heavy (non-hydrogen) atoms. The molecule has 1 aliphatic rings. The normalized spacial score (nSPS) is 14.3. The second-order valence-corrected chi connectivity index (χ2v) is 8.27. The van der Waals surface area contributed by atoms with E-state index in [0.29, 0.717) is 5.69 Å². The van der Waals surface area contributed by atoms with Crippen molar-refractivity contribution in [3.05, 3.63) is 83.3 Å². The van der Waals surface area contributed by atoms with Gasteiger partial charge in [0.05, 0.1) is 12.1 Å². The van der Waals surface area contributed by atoms with Crippen LogP contribution in [0.5, 0.6) is 0 Å². The summed E-state index contributed by atoms with van der Waals surface area (Å²) in [7, 11) is 1.80. The highest BCUT2D eigenvalue weighted by molar-refractivity contribution is 5.94. The first-order chi connectivity index (χ1) is 15.5. The molecule has 1 amide bonds. The van der Waals surface area contributed by atoms with Gasteiger partial charge in [-0.15, -0.1) is 0 Å². The van der Waals surface area contributed by atoms with Crippen molar-refractivity contribution in [2.75, 3.05) is 38.1 Å². The van der Waals surface area contributed by atoms with Gasteiger partial charge in [-0.25, -0.2) is 4.39 Å². The number of rotatable bonds is 6. The van der Waals surface area contributed by atoms with Crippen molar-refractivity contribution in [3.63, 3.8) is 0 Å². The van der Waals surface area contributed by atoms with Gasteiger partial charge in [-0.3, -0.25) is 14.7 Å². The molecule has 0 unspecified atom stereocenters. The van der Waals surface area contributed by atoms with Crippen LogP contribution in [0.1, 0.15) is 16.8 Å². The van der Waals surface area contributed by atoms with Gasteiger partial charge in [0.25, 0.3) is 0 Å². The van der Waals surface area contributed by atoms with Crippen molar-refractivity contribution in [1.29, 1.82) is 0 Å². The van der Waals surface area contributed by atoms with Crippen LogP contribution >= 0.6 is 0 Å². The molecule has 5 nitrogen and oxygen atoms in total. The summed E-state index contributed by atoms with van der Waals surface area (Å²) in [4.78, 5) is 21.6. The first-order valence-electron chi connectivity index (χ1n) is 11.0. The SMILES string of the molecule is Cc1nc(-c2cccc(F)c2)ccc1CC(=O)N(C)c1ccc(CN2CCNCC2)cc1. The number of halogens is 1. The van der Waals surface area contributed by atoms with E-state index in [0.717, 1.165) is 55.2 Å². The molecular formula is C26H29FN4O. The number of aryl methyl sites for hydroxylation is 1. The van der Waals surface area contributed by atoms with Gasteiger partial charge in [0, 0.05) is 56.7 Å². The van der Waals surface area contributed by atoms with Crippen LogP contribution < -0.4 is 10.2 Å². The molecule has 166 valence electrons. The number of anilines is 1. The summed E-state index contributed by atoms with van der Waals surface area (Å²) in [5, 5.41) is 3.37. The molecule has 2 heterocycles. The van der Waals surface area contributed by atoms with E-state index in [1.165, 1.54) is 17.7 Å². The Morgan fingerprint density at radius 3 is 2.53 bits per heavy atom. The molecule has 1 N–H and O–H groups in total. The second kappa shape index (κ2) is 10.0. The lowest BCUT2D eigenvalue weighted by Crippen LogP contribution is -2.42. The predicted octanol–water partition coefficient (Wildman–Crippen LogP) is 3.81. The Morgan fingerprint density at radius 2 is 1.84 bits per heavy atom. The van der Waals surface area contributed by atoms with E-state index in [2.05, 4.69) is 27.3 Å². The number of hydrogen-bond donors (Lipinski definition) is 1. The van der Waals surface area contributed by atoms with Crippen LogP contribution in [-0.4, -0.2) is 49.0 Å². The Kier molecular flexibility index (Phi) is 6.93. The van der Waals surface area contributed by atoms with Crippen LogP contribution in [0.3, 0.4) is 0 Å². The number of hydrogen-bond acceptors (Lipinski definition) is 4. The largest absolute Gasteiger partial charge is 0.315 e. The minimum absolute atomic E-state index is 0.00302. The van der Waals surface area contributed by atoms with E-state index in [9.17, 15) is 9.18 Å². The molecule has 0 saturated carbocycles. The van der Waals surface area contributed by atoms with E-state index < -0.39 is 0 Å². The first kappa shape index (κ1) is 22.1. The standard InChI is InChI=1S/C26H29FN4O/c1-19-21(8-11-25(29-19)22-4-3-5-23(27)16-22)17-26(32)30(2)24-9-6-20(7-10-24)18-31-14-12-28-13-15-31/h3-11,16,28H,12-15,17-18H2,1-2H3. The fraction of sp³-hybridized carbons (Fsp3) is 0.308. The summed E-state index contributed by atoms with van der Waals surface area (Å²) < 4.78 is 13.5. The average molecular weight is 433 g/mol. The van der Waals surface area contributed by atoms with Gasteiger partial charge in [-0.05, 0) is 48.4 Å². The van der Waals surface area contributed by atoms with Gasteiger partial charge < -0.3 is 10.2 Å². The van der Waals surface area contributed by atoms with Crippen molar-refractivity contribution in [3.8, 4) is 11.3 Å². The maximum absolute atomic E-state index is 13.5. The summed E-state index contributed by atoms with van der Waals surface area (Å²) in [6, 6.07) is 18.3. The molecule has 0 spiro atoms. The number of aromatic nitrogens is 1. The van der Waals surface area contributed by atoms with Crippen LogP contribution in [0, 0.1) is 12.7 Å². The third-order valence-electron chi connectivity index (χ3n) is 5.97. The molecule has 0 radical (unpaired) electrons. The highest BCUT2D eigenvalue weighted by Crippen LogP contribution is 2.21. The minimum Gasteiger partial charge on any atom is -0.315 e. The number of benzene rings is 2. The summed E-state index contributed by atoms with van der Waals surface area (Å²) in [5.41, 5.74) is 5.21. The molecule has 1 fully saturated rings. The lowest BCUT2D eigenvalue weighted by molar-refractivity contribution is -0.117. The van der Waals surface area contributed by atoms with Gasteiger partial charge in [-0.2, -0.15) is 0 Å². The third kappa shape index (κ3) is 5.39. The van der Waals surface area contributed by atoms with Gasteiger partial charge in [0.15, 0.2) is 0 Å². The smallest absolute Gasteiger partial charge is 0.231 e. The monoisotopic (exact) mass is 432 g/mol. The van der Waals surface area contributed by atoms with Crippen molar-refractivity contribution in [1.82, 2.24) is 15.2 Å². The molecular weight excluding hydrogens is 403 g/mol. The molecule has 1 saturated heterocycles. The van der Waals surface area contributed by atoms with E-state index >= 15 is 0 Å². The quantitative estimate of drug-likeness (QED) is 0.644. The zero-order chi connectivity index (χ0) is 22.5. The fourth-order valence-electron chi connectivity index (χ4n) is 3.96. The number of nitrogens with zero attached hydrogens (tertiary/aromatic N) is 3. The number of piperazine rings is 1. The maximum Gasteiger partial charge on any atom is 0.231 e. The maximum atomic E-state index is 13.5. The summed E-state index contributed by atoms with van der Waals surface area (Å²) >= 11 is 0. The average Bonchev–Trinajstić information content (AvgIpc) is 2.81. The number of carbonyl (C=O) groups is 1. The Labute approximate surface area is 188 Å². The van der Waals surface area contributed by atoms with Crippen LogP contribution in [0.4, 0.5) is 10.1 Å². The van der Waals surface area contributed by atoms with Gasteiger partial charge in [0.1, 0.15) is 5.82 Å². The molecule has 0 bridgehead atoms. The minimum atomic E-state index is -0.290. The summed E-state index contributed by atoms with van der Waals surface area (Å²) in [5.74, 6) is -0.287. The topological polar surface area (TPSA) is 48.5 Å². The van der Waals surface area contributed by atoms with Crippen LogP contribution in [0.25, 0.3) is 11.3 Å². The van der Waals surface area contributed by atoms with Crippen LogP contribution in [0.15, 0.2) is 60.7 Å². The molecule has 4 rings (SSSR count). The molecule has 2 aromatic carbocycles. The number of likely N-dealkylation sites (N-methyl/N-ethyl adjacent to an activating group) is 1. The van der Waals surface area contributed by atoms with E-state index in [1.807, 2.05) is 37.3 Å². The predicted molar refractivity (Wildman–Crippen MR) is 126 cm³/mol. The number of carbonyl (C=O) groups excluding carboxylic acids is 1. The Hall–Kier alpha value is -3.09. The van der Waals surface area contributed by atoms with E-state index in [-0.39, 0.29) is 18.1 Å². The Morgan fingerprint density at radius 1 is 1.09 bits per heavy atom. The van der Waals surface area contributed by atoms with Crippen LogP contribution in [-0.2, 0) is 17.8 Å². The zero-order valence-corrected chi connectivity index (χ0v) is 18.6. The summed E-state index contributed by atoms with van der Waals surface area (Å²) in [6.45, 7) is 7.01. The fourth-order valence-corrected chi connectivity index (χ4v) is 3.96. The van der Waals surface area contributed by atoms with E-state index in [1.54, 1.807) is 18.0 Å². The van der Waals surface area contributed by atoms with Crippen LogP contribution in [0.2, 0.25) is 0 Å². The van der Waals surface area contributed by atoms with Gasteiger partial charge in [0.2, 0.25) is 5.91 Å². The molecule has 0 atom stereocenters. The van der Waals surface area contributed by atoms with Crippen molar-refractivity contribution < 1.29 is 9.18 Å². The molecule has 3 aromatic rings. The Bertz CT molecular complexity index is 1080. The molecule has 0 aliphatic carbocycles. The van der Waals surface area contributed by atoms with Crippen molar-refractivity contribution >= 4 is 11.6 Å². The third-order valence-corrected chi connectivity index (χ3v) is 5.97. The number of nitrogens with one attached hydrogen (secondary N) is 1. The van der Waals surface area contributed by atoms with Gasteiger partial charge in [-0.1, -0.05) is 30.3 Å². The van der Waals surface area contributed by atoms with E-state index in [4.69, 9.17) is 0 Å². The van der Waals surface area contributed by atoms with Crippen molar-refractivity contribution in [2.24, 2.45) is 0 Å². The molecule has 1 aliphatic heterocycles. The lowest BCUT2D eigenvalue weighted by atomic mass is 10.1. The molecule has 1 aromatic heterocycles. The second-order valence-electron chi connectivity index (χ2n) is 8.27. The Balaban J connectivity index is 1.39. The zero-order valence-electron chi connectivity index (χ0n) is 18.6. The molecule has 6 heteroatoms. The van der Waals surface area contributed by atoms with Gasteiger partial charge >= 0.3 is 0 Å². The summed E-state index contributed by atoms with van der Waals surface area (Å²) in [6.07, 6.45) is 0.265.